The first-order chi connectivity index (χ1) is 15.5. The number of fused-ring (bicyclic) bond motifs is 3. The average molecular weight is 438 g/mol. The minimum absolute atomic E-state index is 0.0232. The number of amides is 3. The molecule has 1 saturated heterocycles. The molecule has 1 atom stereocenters. The van der Waals surface area contributed by atoms with Crippen LogP contribution in [-0.2, 0) is 9.59 Å². The van der Waals surface area contributed by atoms with E-state index in [9.17, 15) is 14.4 Å². The topological polar surface area (TPSA) is 60.9 Å². The number of anilines is 1. The van der Waals surface area contributed by atoms with E-state index in [-0.39, 0.29) is 17.7 Å². The van der Waals surface area contributed by atoms with E-state index in [1.807, 2.05) is 41.0 Å². The summed E-state index contributed by atoms with van der Waals surface area (Å²) in [6, 6.07) is 8.24. The predicted octanol–water partition coefficient (Wildman–Crippen LogP) is 4.48. The van der Waals surface area contributed by atoms with Crippen molar-refractivity contribution in [3.63, 3.8) is 0 Å². The van der Waals surface area contributed by atoms with Gasteiger partial charge >= 0.3 is 0 Å². The van der Waals surface area contributed by atoms with Crippen LogP contribution in [0.3, 0.4) is 0 Å². The molecule has 0 N–H and O–H groups in total. The number of para-hydroxylation sites is 1. The molecular weight excluding hydrogens is 402 g/mol. The van der Waals surface area contributed by atoms with Crippen molar-refractivity contribution in [1.29, 1.82) is 0 Å². The second-order valence-electron chi connectivity index (χ2n) is 10.2. The zero-order valence-electron chi connectivity index (χ0n) is 19.2. The molecule has 2 saturated carbocycles. The Hall–Kier alpha value is -2.37. The third-order valence-corrected chi connectivity index (χ3v) is 8.24. The molecule has 0 radical (unpaired) electrons. The highest BCUT2D eigenvalue weighted by atomic mass is 16.2. The highest BCUT2D eigenvalue weighted by Gasteiger charge is 2.52. The van der Waals surface area contributed by atoms with E-state index in [4.69, 9.17) is 0 Å². The van der Waals surface area contributed by atoms with E-state index in [1.54, 1.807) is 0 Å². The van der Waals surface area contributed by atoms with E-state index in [0.29, 0.717) is 49.9 Å². The highest BCUT2D eigenvalue weighted by Crippen LogP contribution is 2.44. The third-order valence-electron chi connectivity index (χ3n) is 8.24. The summed E-state index contributed by atoms with van der Waals surface area (Å²) < 4.78 is 0. The molecule has 3 fully saturated rings. The Kier molecular flexibility index (Phi) is 5.72. The van der Waals surface area contributed by atoms with Gasteiger partial charge in [-0.15, -0.1) is 0 Å². The molecule has 0 bridgehead atoms. The van der Waals surface area contributed by atoms with Crippen molar-refractivity contribution in [2.75, 3.05) is 11.4 Å². The van der Waals surface area contributed by atoms with Gasteiger partial charge in [-0.2, -0.15) is 0 Å². The standard InChI is InChI=1S/C26H35N3O3/c1-26-17-16-24(31)29(26)22-14-7-6-13-21(22)25(32)27(26)18-8-15-23(30)28(19-9-2-3-10-19)20-11-4-5-12-20/h6-7,13-14,19-20H,2-5,8-12,15-18H2,1H3. The lowest BCUT2D eigenvalue weighted by atomic mass is 9.97. The first-order valence-electron chi connectivity index (χ1n) is 12.6. The van der Waals surface area contributed by atoms with Crippen LogP contribution in [0.2, 0.25) is 0 Å². The second kappa shape index (κ2) is 8.53. The molecule has 1 unspecified atom stereocenters. The average Bonchev–Trinajstić information content (AvgIpc) is 3.54. The summed E-state index contributed by atoms with van der Waals surface area (Å²) in [5.41, 5.74) is 0.677. The first kappa shape index (κ1) is 21.5. The van der Waals surface area contributed by atoms with Gasteiger partial charge in [0.1, 0.15) is 5.66 Å². The molecule has 0 aromatic heterocycles. The number of hydrogen-bond acceptors (Lipinski definition) is 3. The van der Waals surface area contributed by atoms with Gasteiger partial charge in [0.05, 0.1) is 11.3 Å². The van der Waals surface area contributed by atoms with Gasteiger partial charge in [0.2, 0.25) is 11.8 Å². The summed E-state index contributed by atoms with van der Waals surface area (Å²) in [4.78, 5) is 45.4. The molecule has 6 nitrogen and oxygen atoms in total. The van der Waals surface area contributed by atoms with E-state index >= 15 is 0 Å². The lowest BCUT2D eigenvalue weighted by Crippen LogP contribution is -2.62. The molecule has 5 rings (SSSR count). The minimum atomic E-state index is -0.637. The first-order valence-corrected chi connectivity index (χ1v) is 12.6. The van der Waals surface area contributed by atoms with Gasteiger partial charge in [0.25, 0.3) is 5.91 Å². The normalized spacial score (nSPS) is 26.0. The van der Waals surface area contributed by atoms with Crippen LogP contribution in [0, 0.1) is 0 Å². The fourth-order valence-corrected chi connectivity index (χ4v) is 6.63. The van der Waals surface area contributed by atoms with Crippen LogP contribution >= 0.6 is 0 Å². The van der Waals surface area contributed by atoms with Crippen molar-refractivity contribution in [1.82, 2.24) is 9.80 Å². The SMILES string of the molecule is CC12CCC(=O)N1c1ccccc1C(=O)N2CCCC(=O)N(C1CCCC1)C1CCCC1. The zero-order valence-corrected chi connectivity index (χ0v) is 19.2. The van der Waals surface area contributed by atoms with Crippen molar-refractivity contribution < 1.29 is 14.4 Å². The Bertz CT molecular complexity index is 887. The van der Waals surface area contributed by atoms with Gasteiger partial charge in [-0.3, -0.25) is 19.3 Å². The summed E-state index contributed by atoms with van der Waals surface area (Å²) in [6.45, 7) is 2.50. The number of carbonyl (C=O) groups is 3. The molecule has 1 aromatic rings. The maximum atomic E-state index is 13.4. The Morgan fingerprint density at radius 1 is 1.03 bits per heavy atom. The molecule has 6 heteroatoms. The monoisotopic (exact) mass is 437 g/mol. The van der Waals surface area contributed by atoms with Gasteiger partial charge in [-0.1, -0.05) is 37.8 Å². The molecule has 172 valence electrons. The summed E-state index contributed by atoms with van der Waals surface area (Å²) in [5, 5.41) is 0. The van der Waals surface area contributed by atoms with Crippen LogP contribution in [0.4, 0.5) is 5.69 Å². The summed E-state index contributed by atoms with van der Waals surface area (Å²) in [7, 11) is 0. The Balaban J connectivity index is 1.30. The summed E-state index contributed by atoms with van der Waals surface area (Å²) in [6.07, 6.45) is 11.7. The quantitative estimate of drug-likeness (QED) is 0.659. The van der Waals surface area contributed by atoms with Crippen LogP contribution in [0.25, 0.3) is 0 Å². The summed E-state index contributed by atoms with van der Waals surface area (Å²) >= 11 is 0. The molecular formula is C26H35N3O3. The molecule has 1 aromatic carbocycles. The van der Waals surface area contributed by atoms with Gasteiger partial charge in [0.15, 0.2) is 0 Å². The third kappa shape index (κ3) is 3.52. The molecule has 3 amide bonds. The van der Waals surface area contributed by atoms with Crippen molar-refractivity contribution in [2.45, 2.75) is 102 Å². The van der Waals surface area contributed by atoms with Gasteiger partial charge in [-0.25, -0.2) is 0 Å². The van der Waals surface area contributed by atoms with Gasteiger partial charge in [0, 0.05) is 31.5 Å². The number of benzene rings is 1. The van der Waals surface area contributed by atoms with E-state index in [1.165, 1.54) is 25.7 Å². The maximum absolute atomic E-state index is 13.4. The molecule has 2 aliphatic heterocycles. The number of nitrogens with zero attached hydrogens (tertiary/aromatic N) is 3. The fourth-order valence-electron chi connectivity index (χ4n) is 6.63. The maximum Gasteiger partial charge on any atom is 0.257 e. The largest absolute Gasteiger partial charge is 0.337 e. The van der Waals surface area contributed by atoms with Crippen molar-refractivity contribution >= 4 is 23.4 Å². The van der Waals surface area contributed by atoms with Crippen molar-refractivity contribution in [3.05, 3.63) is 29.8 Å². The van der Waals surface area contributed by atoms with Crippen LogP contribution in [0.15, 0.2) is 24.3 Å². The fraction of sp³-hybridized carbons (Fsp3) is 0.654. The summed E-state index contributed by atoms with van der Waals surface area (Å²) in [5.74, 6) is 0.310. The predicted molar refractivity (Wildman–Crippen MR) is 123 cm³/mol. The smallest absolute Gasteiger partial charge is 0.257 e. The van der Waals surface area contributed by atoms with Gasteiger partial charge < -0.3 is 9.80 Å². The molecule has 0 spiro atoms. The Labute approximate surface area is 190 Å². The van der Waals surface area contributed by atoms with Gasteiger partial charge in [-0.05, 0) is 57.6 Å². The van der Waals surface area contributed by atoms with E-state index in [2.05, 4.69) is 4.90 Å². The Morgan fingerprint density at radius 2 is 1.66 bits per heavy atom. The lowest BCUT2D eigenvalue weighted by molar-refractivity contribution is -0.136. The van der Waals surface area contributed by atoms with Crippen LogP contribution in [0.1, 0.15) is 94.3 Å². The molecule has 2 aliphatic carbocycles. The van der Waals surface area contributed by atoms with E-state index in [0.717, 1.165) is 31.4 Å². The number of carbonyl (C=O) groups excluding carboxylic acids is 3. The Morgan fingerprint density at radius 3 is 2.31 bits per heavy atom. The van der Waals surface area contributed by atoms with Crippen LogP contribution in [0.5, 0.6) is 0 Å². The second-order valence-corrected chi connectivity index (χ2v) is 10.2. The van der Waals surface area contributed by atoms with Crippen molar-refractivity contribution in [2.24, 2.45) is 0 Å². The highest BCUT2D eigenvalue weighted by molar-refractivity contribution is 6.10. The zero-order chi connectivity index (χ0) is 22.3. The van der Waals surface area contributed by atoms with Crippen LogP contribution < -0.4 is 4.90 Å². The number of hydrogen-bond donors (Lipinski definition) is 0. The van der Waals surface area contributed by atoms with Crippen molar-refractivity contribution in [3.8, 4) is 0 Å². The minimum Gasteiger partial charge on any atom is -0.337 e. The molecule has 2 heterocycles. The lowest BCUT2D eigenvalue weighted by Gasteiger charge is -2.48. The number of rotatable bonds is 6. The molecule has 32 heavy (non-hydrogen) atoms. The van der Waals surface area contributed by atoms with E-state index < -0.39 is 5.66 Å². The molecule has 4 aliphatic rings. The van der Waals surface area contributed by atoms with Crippen LogP contribution in [-0.4, -0.2) is 51.8 Å².